The fraction of sp³-hybridized carbons (Fsp3) is 0.389. The van der Waals surface area contributed by atoms with Gasteiger partial charge in [0.15, 0.2) is 11.6 Å². The molecule has 1 aromatic carbocycles. The predicted octanol–water partition coefficient (Wildman–Crippen LogP) is 2.50. The van der Waals surface area contributed by atoms with Crippen LogP contribution in [0.2, 0.25) is 0 Å². The van der Waals surface area contributed by atoms with Gasteiger partial charge in [-0.1, -0.05) is 18.2 Å². The van der Waals surface area contributed by atoms with Crippen molar-refractivity contribution < 1.29 is 9.53 Å². The van der Waals surface area contributed by atoms with Gasteiger partial charge in [-0.2, -0.15) is 0 Å². The summed E-state index contributed by atoms with van der Waals surface area (Å²) in [4.78, 5) is 22.4. The highest BCUT2D eigenvalue weighted by Crippen LogP contribution is 2.32. The van der Waals surface area contributed by atoms with Crippen molar-refractivity contribution in [3.8, 4) is 0 Å². The number of para-hydroxylation sites is 1. The topological polar surface area (TPSA) is 93.4 Å². The van der Waals surface area contributed by atoms with Gasteiger partial charge in [-0.15, -0.1) is 0 Å². The van der Waals surface area contributed by atoms with Gasteiger partial charge in [0.2, 0.25) is 0 Å². The average molecular weight is 341 g/mol. The van der Waals surface area contributed by atoms with Crippen molar-refractivity contribution in [1.29, 1.82) is 0 Å². The van der Waals surface area contributed by atoms with Crippen molar-refractivity contribution >= 4 is 29.0 Å². The van der Waals surface area contributed by atoms with E-state index in [-0.39, 0.29) is 11.9 Å². The second-order valence-corrected chi connectivity index (χ2v) is 6.18. The third-order valence-corrected chi connectivity index (χ3v) is 4.59. The molecule has 132 valence electrons. The van der Waals surface area contributed by atoms with Crippen LogP contribution in [-0.2, 0) is 9.53 Å². The standard InChI is InChI=1S/C18H23N5O2/c1-12-5-3-4-6-14(12)22-16-15(19)17(21-11-20-16)23-9-7-13(8-10-23)18(24)25-2/h3-6,11,13H,7-10,19H2,1-2H3,(H,20,21,22). The van der Waals surface area contributed by atoms with Crippen LogP contribution in [0.3, 0.4) is 0 Å². The molecular formula is C18H23N5O2. The highest BCUT2D eigenvalue weighted by molar-refractivity contribution is 5.79. The van der Waals surface area contributed by atoms with Crippen molar-refractivity contribution in [2.24, 2.45) is 5.92 Å². The number of nitrogens with zero attached hydrogens (tertiary/aromatic N) is 3. The number of hydrogen-bond acceptors (Lipinski definition) is 7. The fourth-order valence-electron chi connectivity index (χ4n) is 3.07. The number of nitrogens with two attached hydrogens (primary N) is 1. The van der Waals surface area contributed by atoms with Crippen LogP contribution in [0.25, 0.3) is 0 Å². The Balaban J connectivity index is 1.76. The molecule has 7 nitrogen and oxygen atoms in total. The summed E-state index contributed by atoms with van der Waals surface area (Å²) in [6.45, 7) is 3.45. The summed E-state index contributed by atoms with van der Waals surface area (Å²) in [7, 11) is 1.43. The average Bonchev–Trinajstić information content (AvgIpc) is 2.65. The molecule has 0 aliphatic carbocycles. The molecule has 25 heavy (non-hydrogen) atoms. The summed E-state index contributed by atoms with van der Waals surface area (Å²) in [6.07, 6.45) is 2.98. The number of ether oxygens (including phenoxy) is 1. The molecular weight excluding hydrogens is 318 g/mol. The molecule has 3 N–H and O–H groups in total. The van der Waals surface area contributed by atoms with Crippen LogP contribution in [-0.4, -0.2) is 36.1 Å². The normalized spacial score (nSPS) is 15.0. The molecule has 1 aliphatic heterocycles. The quantitative estimate of drug-likeness (QED) is 0.825. The van der Waals surface area contributed by atoms with Gasteiger partial charge >= 0.3 is 5.97 Å². The maximum absolute atomic E-state index is 11.7. The summed E-state index contributed by atoms with van der Waals surface area (Å²) in [6, 6.07) is 7.96. The third kappa shape index (κ3) is 3.65. The number of hydrogen-bond donors (Lipinski definition) is 2. The number of methoxy groups -OCH3 is 1. The first-order chi connectivity index (χ1) is 12.1. The summed E-state index contributed by atoms with van der Waals surface area (Å²) < 4.78 is 4.83. The Morgan fingerprint density at radius 2 is 2.00 bits per heavy atom. The van der Waals surface area contributed by atoms with E-state index in [1.54, 1.807) is 0 Å². The first-order valence-electron chi connectivity index (χ1n) is 8.36. The SMILES string of the molecule is COC(=O)C1CCN(c2ncnc(Nc3ccccc3C)c2N)CC1. The Morgan fingerprint density at radius 1 is 1.28 bits per heavy atom. The summed E-state index contributed by atoms with van der Waals surface area (Å²) in [5, 5.41) is 3.28. The van der Waals surface area contributed by atoms with Crippen LogP contribution >= 0.6 is 0 Å². The molecule has 2 aromatic rings. The zero-order chi connectivity index (χ0) is 17.8. The van der Waals surface area contributed by atoms with Crippen LogP contribution in [0.15, 0.2) is 30.6 Å². The number of esters is 1. The highest BCUT2D eigenvalue weighted by Gasteiger charge is 2.27. The molecule has 0 atom stereocenters. The predicted molar refractivity (Wildman–Crippen MR) is 97.9 cm³/mol. The number of rotatable bonds is 4. The first kappa shape index (κ1) is 17.0. The van der Waals surface area contributed by atoms with Gasteiger partial charge < -0.3 is 20.7 Å². The number of anilines is 4. The number of carbonyl (C=O) groups excluding carboxylic acids is 1. The van der Waals surface area contributed by atoms with Gasteiger partial charge in [0.25, 0.3) is 0 Å². The maximum Gasteiger partial charge on any atom is 0.308 e. The van der Waals surface area contributed by atoms with E-state index in [2.05, 4.69) is 20.2 Å². The van der Waals surface area contributed by atoms with Gasteiger partial charge in [-0.3, -0.25) is 4.79 Å². The zero-order valence-electron chi connectivity index (χ0n) is 14.5. The molecule has 0 unspecified atom stereocenters. The molecule has 0 saturated carbocycles. The Kier molecular flexibility index (Phi) is 5.02. The van der Waals surface area contributed by atoms with Crippen LogP contribution in [0, 0.1) is 12.8 Å². The van der Waals surface area contributed by atoms with Crippen molar-refractivity contribution in [2.75, 3.05) is 36.1 Å². The van der Waals surface area contributed by atoms with E-state index in [0.29, 0.717) is 30.4 Å². The Bertz CT molecular complexity index is 757. The molecule has 2 heterocycles. The minimum Gasteiger partial charge on any atom is -0.469 e. The monoisotopic (exact) mass is 341 g/mol. The number of aryl methyl sites for hydroxylation is 1. The molecule has 1 aliphatic rings. The molecule has 1 fully saturated rings. The van der Waals surface area contributed by atoms with E-state index in [0.717, 1.165) is 24.1 Å². The lowest BCUT2D eigenvalue weighted by Crippen LogP contribution is -2.37. The highest BCUT2D eigenvalue weighted by atomic mass is 16.5. The smallest absolute Gasteiger partial charge is 0.308 e. The molecule has 0 spiro atoms. The van der Waals surface area contributed by atoms with E-state index < -0.39 is 0 Å². The van der Waals surface area contributed by atoms with Crippen molar-refractivity contribution in [1.82, 2.24) is 9.97 Å². The Labute approximate surface area is 147 Å². The van der Waals surface area contributed by atoms with E-state index in [4.69, 9.17) is 10.5 Å². The Hall–Kier alpha value is -2.83. The minimum absolute atomic E-state index is 0.0473. The van der Waals surface area contributed by atoms with Crippen LogP contribution in [0.5, 0.6) is 0 Å². The molecule has 7 heteroatoms. The number of benzene rings is 1. The number of nitrogen functional groups attached to an aromatic ring is 1. The molecule has 0 bridgehead atoms. The number of nitrogens with one attached hydrogen (secondary N) is 1. The molecule has 0 radical (unpaired) electrons. The molecule has 3 rings (SSSR count). The van der Waals surface area contributed by atoms with Gasteiger partial charge in [0.05, 0.1) is 13.0 Å². The van der Waals surface area contributed by atoms with E-state index in [9.17, 15) is 4.79 Å². The third-order valence-electron chi connectivity index (χ3n) is 4.59. The lowest BCUT2D eigenvalue weighted by Gasteiger charge is -2.32. The van der Waals surface area contributed by atoms with E-state index in [1.807, 2.05) is 31.2 Å². The van der Waals surface area contributed by atoms with Crippen molar-refractivity contribution in [3.05, 3.63) is 36.2 Å². The van der Waals surface area contributed by atoms with Crippen LogP contribution < -0.4 is 16.0 Å². The summed E-state index contributed by atoms with van der Waals surface area (Å²) in [5.74, 6) is 1.11. The van der Waals surface area contributed by atoms with Gasteiger partial charge in [0, 0.05) is 18.8 Å². The van der Waals surface area contributed by atoms with Gasteiger partial charge in [-0.05, 0) is 31.4 Å². The van der Waals surface area contributed by atoms with E-state index >= 15 is 0 Å². The lowest BCUT2D eigenvalue weighted by molar-refractivity contribution is -0.146. The molecule has 1 saturated heterocycles. The number of piperidine rings is 1. The second-order valence-electron chi connectivity index (χ2n) is 6.18. The number of carbonyl (C=O) groups is 1. The van der Waals surface area contributed by atoms with Gasteiger partial charge in [0.1, 0.15) is 12.0 Å². The zero-order valence-corrected chi connectivity index (χ0v) is 14.5. The molecule has 1 aromatic heterocycles. The fourth-order valence-corrected chi connectivity index (χ4v) is 3.07. The van der Waals surface area contributed by atoms with Gasteiger partial charge in [-0.25, -0.2) is 9.97 Å². The number of aromatic nitrogens is 2. The minimum atomic E-state index is -0.141. The second kappa shape index (κ2) is 7.38. The molecule has 0 amide bonds. The van der Waals surface area contributed by atoms with Crippen molar-refractivity contribution in [3.63, 3.8) is 0 Å². The summed E-state index contributed by atoms with van der Waals surface area (Å²) >= 11 is 0. The first-order valence-corrected chi connectivity index (χ1v) is 8.36. The van der Waals surface area contributed by atoms with E-state index in [1.165, 1.54) is 13.4 Å². The van der Waals surface area contributed by atoms with Crippen LogP contribution in [0.4, 0.5) is 23.0 Å². The largest absolute Gasteiger partial charge is 0.469 e. The van der Waals surface area contributed by atoms with Crippen LogP contribution in [0.1, 0.15) is 18.4 Å². The van der Waals surface area contributed by atoms with Crippen molar-refractivity contribution in [2.45, 2.75) is 19.8 Å². The lowest BCUT2D eigenvalue weighted by atomic mass is 9.97. The Morgan fingerprint density at radius 3 is 2.68 bits per heavy atom. The maximum atomic E-state index is 11.7. The summed E-state index contributed by atoms with van der Waals surface area (Å²) in [5.41, 5.74) is 8.90.